The standard InChI is InChI=1S/C15H22N4O2/c1-12(2)11-21-15-6-4-3-5-14(15)16-9-13-10-19(7-8-20)18-17-13/h3-6,10,12,16,20H,7-9,11H2,1-2H3. The van der Waals surface area contributed by atoms with Crippen LogP contribution in [0.1, 0.15) is 19.5 Å². The van der Waals surface area contributed by atoms with Gasteiger partial charge in [-0.1, -0.05) is 31.2 Å². The molecule has 1 aromatic heterocycles. The Morgan fingerprint density at radius 3 is 2.90 bits per heavy atom. The molecule has 2 aromatic rings. The fourth-order valence-electron chi connectivity index (χ4n) is 1.81. The molecule has 0 amide bonds. The molecule has 0 aliphatic heterocycles. The van der Waals surface area contributed by atoms with E-state index in [1.54, 1.807) is 4.68 Å². The second-order valence-electron chi connectivity index (χ2n) is 5.25. The van der Waals surface area contributed by atoms with Gasteiger partial charge in [-0.3, -0.25) is 0 Å². The maximum atomic E-state index is 8.86. The van der Waals surface area contributed by atoms with Crippen LogP contribution in [0.15, 0.2) is 30.5 Å². The topological polar surface area (TPSA) is 72.2 Å². The number of hydrogen-bond acceptors (Lipinski definition) is 5. The summed E-state index contributed by atoms with van der Waals surface area (Å²) in [6.07, 6.45) is 1.82. The Morgan fingerprint density at radius 2 is 2.14 bits per heavy atom. The highest BCUT2D eigenvalue weighted by Gasteiger charge is 2.05. The van der Waals surface area contributed by atoms with Crippen LogP contribution in [0.4, 0.5) is 5.69 Å². The largest absolute Gasteiger partial charge is 0.491 e. The summed E-state index contributed by atoms with van der Waals surface area (Å²) >= 11 is 0. The van der Waals surface area contributed by atoms with Gasteiger partial charge in [-0.05, 0) is 18.1 Å². The van der Waals surface area contributed by atoms with E-state index in [-0.39, 0.29) is 6.61 Å². The molecule has 0 aliphatic rings. The van der Waals surface area contributed by atoms with Gasteiger partial charge >= 0.3 is 0 Å². The lowest BCUT2D eigenvalue weighted by atomic mass is 10.2. The van der Waals surface area contributed by atoms with Crippen molar-refractivity contribution >= 4 is 5.69 Å². The van der Waals surface area contributed by atoms with Crippen molar-refractivity contribution in [1.29, 1.82) is 0 Å². The molecule has 0 atom stereocenters. The van der Waals surface area contributed by atoms with Gasteiger partial charge in [0.05, 0.1) is 38.2 Å². The molecular formula is C15H22N4O2. The van der Waals surface area contributed by atoms with Gasteiger partial charge in [-0.15, -0.1) is 5.10 Å². The minimum atomic E-state index is 0.0576. The van der Waals surface area contributed by atoms with Gasteiger partial charge in [0, 0.05) is 0 Å². The zero-order valence-corrected chi connectivity index (χ0v) is 12.5. The highest BCUT2D eigenvalue weighted by Crippen LogP contribution is 2.24. The molecule has 0 bridgehead atoms. The van der Waals surface area contributed by atoms with Crippen LogP contribution >= 0.6 is 0 Å². The summed E-state index contributed by atoms with van der Waals surface area (Å²) in [6.45, 7) is 6.01. The summed E-state index contributed by atoms with van der Waals surface area (Å²) in [5, 5.41) is 20.1. The molecule has 0 aliphatic carbocycles. The Kier molecular flexibility index (Phi) is 5.57. The van der Waals surface area contributed by atoms with E-state index in [1.807, 2.05) is 30.5 Å². The molecule has 114 valence electrons. The number of nitrogens with one attached hydrogen (secondary N) is 1. The quantitative estimate of drug-likeness (QED) is 0.777. The minimum Gasteiger partial charge on any atom is -0.491 e. The van der Waals surface area contributed by atoms with Crippen LogP contribution in [-0.2, 0) is 13.1 Å². The third-order valence-electron chi connectivity index (χ3n) is 2.83. The number of anilines is 1. The van der Waals surface area contributed by atoms with Crippen LogP contribution in [0, 0.1) is 5.92 Å². The van der Waals surface area contributed by atoms with E-state index in [2.05, 4.69) is 29.5 Å². The second-order valence-corrected chi connectivity index (χ2v) is 5.25. The van der Waals surface area contributed by atoms with Crippen molar-refractivity contribution in [1.82, 2.24) is 15.0 Å². The van der Waals surface area contributed by atoms with E-state index in [0.717, 1.165) is 17.1 Å². The van der Waals surface area contributed by atoms with Crippen LogP contribution in [0.2, 0.25) is 0 Å². The normalized spacial score (nSPS) is 10.9. The summed E-state index contributed by atoms with van der Waals surface area (Å²) in [7, 11) is 0. The molecule has 1 aromatic carbocycles. The maximum absolute atomic E-state index is 8.86. The highest BCUT2D eigenvalue weighted by atomic mass is 16.5. The van der Waals surface area contributed by atoms with Crippen LogP contribution in [0.3, 0.4) is 0 Å². The first kappa shape index (κ1) is 15.3. The molecule has 0 radical (unpaired) electrons. The Morgan fingerprint density at radius 1 is 1.33 bits per heavy atom. The van der Waals surface area contributed by atoms with Gasteiger partial charge < -0.3 is 15.2 Å². The summed E-state index contributed by atoms with van der Waals surface area (Å²) in [4.78, 5) is 0. The Balaban J connectivity index is 1.95. The maximum Gasteiger partial charge on any atom is 0.142 e. The van der Waals surface area contributed by atoms with Crippen molar-refractivity contribution in [2.45, 2.75) is 26.9 Å². The molecule has 0 spiro atoms. The van der Waals surface area contributed by atoms with Crippen LogP contribution < -0.4 is 10.1 Å². The molecular weight excluding hydrogens is 268 g/mol. The molecule has 2 rings (SSSR count). The number of ether oxygens (including phenoxy) is 1. The lowest BCUT2D eigenvalue weighted by Gasteiger charge is -2.13. The van der Waals surface area contributed by atoms with Crippen molar-refractivity contribution in [3.63, 3.8) is 0 Å². The number of nitrogens with zero attached hydrogens (tertiary/aromatic N) is 3. The number of aliphatic hydroxyl groups is 1. The first-order valence-electron chi connectivity index (χ1n) is 7.14. The number of aromatic nitrogens is 3. The van der Waals surface area contributed by atoms with E-state index in [9.17, 15) is 0 Å². The molecule has 0 fully saturated rings. The number of hydrogen-bond donors (Lipinski definition) is 2. The Labute approximate surface area is 124 Å². The average Bonchev–Trinajstić information content (AvgIpc) is 2.92. The summed E-state index contributed by atoms with van der Waals surface area (Å²) in [6, 6.07) is 7.85. The molecule has 6 nitrogen and oxygen atoms in total. The van der Waals surface area contributed by atoms with E-state index in [0.29, 0.717) is 25.6 Å². The van der Waals surface area contributed by atoms with Gasteiger partial charge in [0.1, 0.15) is 11.4 Å². The van der Waals surface area contributed by atoms with E-state index in [4.69, 9.17) is 9.84 Å². The Hall–Kier alpha value is -2.08. The third-order valence-corrected chi connectivity index (χ3v) is 2.83. The van der Waals surface area contributed by atoms with Crippen LogP contribution in [0.5, 0.6) is 5.75 Å². The third kappa shape index (κ3) is 4.75. The fraction of sp³-hybridized carbons (Fsp3) is 0.467. The SMILES string of the molecule is CC(C)COc1ccccc1NCc1cn(CCO)nn1. The number of benzene rings is 1. The number of aliphatic hydroxyl groups excluding tert-OH is 1. The molecule has 0 saturated carbocycles. The average molecular weight is 290 g/mol. The predicted molar refractivity (Wildman–Crippen MR) is 81.2 cm³/mol. The van der Waals surface area contributed by atoms with Gasteiger partial charge in [0.25, 0.3) is 0 Å². The summed E-state index contributed by atoms with van der Waals surface area (Å²) in [5.41, 5.74) is 1.76. The second kappa shape index (κ2) is 7.64. The van der Waals surface area contributed by atoms with Crippen LogP contribution in [0.25, 0.3) is 0 Å². The first-order chi connectivity index (χ1) is 10.2. The molecule has 6 heteroatoms. The van der Waals surface area contributed by atoms with Crippen LogP contribution in [-0.4, -0.2) is 33.3 Å². The highest BCUT2D eigenvalue weighted by molar-refractivity contribution is 5.56. The molecule has 2 N–H and O–H groups in total. The molecule has 21 heavy (non-hydrogen) atoms. The summed E-state index contributed by atoms with van der Waals surface area (Å²) in [5.74, 6) is 1.32. The van der Waals surface area contributed by atoms with Crippen molar-refractivity contribution < 1.29 is 9.84 Å². The van der Waals surface area contributed by atoms with Crippen molar-refractivity contribution in [2.24, 2.45) is 5.92 Å². The smallest absolute Gasteiger partial charge is 0.142 e. The van der Waals surface area contributed by atoms with Gasteiger partial charge in [-0.2, -0.15) is 0 Å². The van der Waals surface area contributed by atoms with Crippen molar-refractivity contribution in [3.05, 3.63) is 36.2 Å². The molecule has 0 saturated heterocycles. The predicted octanol–water partition coefficient (Wildman–Crippen LogP) is 1.92. The number of rotatable bonds is 8. The minimum absolute atomic E-state index is 0.0576. The first-order valence-corrected chi connectivity index (χ1v) is 7.14. The van der Waals surface area contributed by atoms with Gasteiger partial charge in [-0.25, -0.2) is 4.68 Å². The monoisotopic (exact) mass is 290 g/mol. The van der Waals surface area contributed by atoms with Crippen molar-refractivity contribution in [3.8, 4) is 5.75 Å². The zero-order chi connectivity index (χ0) is 15.1. The van der Waals surface area contributed by atoms with Gasteiger partial charge in [0.2, 0.25) is 0 Å². The van der Waals surface area contributed by atoms with E-state index >= 15 is 0 Å². The lowest BCUT2D eigenvalue weighted by Crippen LogP contribution is -2.07. The van der Waals surface area contributed by atoms with Crippen molar-refractivity contribution in [2.75, 3.05) is 18.5 Å². The van der Waals surface area contributed by atoms with Gasteiger partial charge in [0.15, 0.2) is 0 Å². The number of para-hydroxylation sites is 2. The molecule has 0 unspecified atom stereocenters. The Bertz CT molecular complexity index is 554. The molecule has 1 heterocycles. The summed E-state index contributed by atoms with van der Waals surface area (Å²) < 4.78 is 7.42. The van der Waals surface area contributed by atoms with E-state index < -0.39 is 0 Å². The van der Waals surface area contributed by atoms with E-state index in [1.165, 1.54) is 0 Å². The lowest BCUT2D eigenvalue weighted by molar-refractivity contribution is 0.268. The fourth-order valence-corrected chi connectivity index (χ4v) is 1.81. The zero-order valence-electron chi connectivity index (χ0n) is 12.5.